The van der Waals surface area contributed by atoms with Crippen molar-refractivity contribution in [2.45, 2.75) is 11.8 Å². The molecule has 0 N–H and O–H groups in total. The number of ketones is 1. The molecule has 148 valence electrons. The predicted octanol–water partition coefficient (Wildman–Crippen LogP) is 2.44. The van der Waals surface area contributed by atoms with Gasteiger partial charge in [-0.2, -0.15) is 0 Å². The molecule has 2 rings (SSSR count). The number of carbonyl (C=O) groups is 2. The van der Waals surface area contributed by atoms with E-state index in [0.717, 1.165) is 24.5 Å². The number of carbonyl (C=O) groups excluding carboxylic acids is 2. The average molecular weight is 407 g/mol. The van der Waals surface area contributed by atoms with Crippen LogP contribution >= 0.6 is 0 Å². The number of nitro groups is 1. The maximum Gasteiger partial charge on any atom is 0.338 e. The molecular formula is C18H17NO8S. The van der Waals surface area contributed by atoms with Crippen molar-refractivity contribution >= 4 is 27.3 Å². The van der Waals surface area contributed by atoms with Crippen molar-refractivity contribution in [1.29, 1.82) is 0 Å². The first-order valence-electron chi connectivity index (χ1n) is 8.05. The van der Waals surface area contributed by atoms with Gasteiger partial charge in [0.15, 0.2) is 22.2 Å². The minimum atomic E-state index is -3.85. The summed E-state index contributed by atoms with van der Waals surface area (Å²) in [7, 11) is -3.85. The maximum atomic E-state index is 12.1. The molecule has 2 aromatic rings. The zero-order valence-electron chi connectivity index (χ0n) is 15.1. The monoisotopic (exact) mass is 407 g/mol. The van der Waals surface area contributed by atoms with Gasteiger partial charge in [-0.15, -0.1) is 0 Å². The minimum Gasteiger partial charge on any atom is -0.494 e. The molecule has 28 heavy (non-hydrogen) atoms. The Bertz CT molecular complexity index is 1010. The quantitative estimate of drug-likeness (QED) is 0.282. The molecule has 9 nitrogen and oxygen atoms in total. The van der Waals surface area contributed by atoms with E-state index in [1.54, 1.807) is 12.1 Å². The minimum absolute atomic E-state index is 0.237. The number of benzene rings is 2. The molecule has 0 radical (unpaired) electrons. The summed E-state index contributed by atoms with van der Waals surface area (Å²) in [5, 5.41) is 11.1. The molecule has 10 heteroatoms. The van der Waals surface area contributed by atoms with Crippen LogP contribution in [0.4, 0.5) is 5.69 Å². The van der Waals surface area contributed by atoms with Gasteiger partial charge < -0.3 is 9.47 Å². The number of nitro benzene ring substituents is 1. The van der Waals surface area contributed by atoms with Gasteiger partial charge in [-0.3, -0.25) is 14.9 Å². The second-order valence-corrected chi connectivity index (χ2v) is 7.65. The van der Waals surface area contributed by atoms with Gasteiger partial charge in [0.25, 0.3) is 5.69 Å². The topological polar surface area (TPSA) is 130 Å². The molecule has 0 saturated carbocycles. The Morgan fingerprint density at radius 2 is 1.68 bits per heavy atom. The van der Waals surface area contributed by atoms with Gasteiger partial charge in [-0.05, 0) is 43.3 Å². The highest BCUT2D eigenvalue weighted by atomic mass is 32.2. The van der Waals surface area contributed by atoms with Gasteiger partial charge >= 0.3 is 5.97 Å². The zero-order valence-corrected chi connectivity index (χ0v) is 15.9. The maximum absolute atomic E-state index is 12.1. The largest absolute Gasteiger partial charge is 0.494 e. The molecule has 0 amide bonds. The van der Waals surface area contributed by atoms with Crippen LogP contribution in [-0.4, -0.2) is 44.6 Å². The van der Waals surface area contributed by atoms with E-state index in [2.05, 4.69) is 0 Å². The van der Waals surface area contributed by atoms with Gasteiger partial charge in [0.2, 0.25) is 0 Å². The van der Waals surface area contributed by atoms with Crippen LogP contribution in [0.1, 0.15) is 27.6 Å². The third-order valence-corrected chi connectivity index (χ3v) is 4.76. The fourth-order valence-electron chi connectivity index (χ4n) is 2.30. The van der Waals surface area contributed by atoms with E-state index in [-0.39, 0.29) is 5.56 Å². The van der Waals surface area contributed by atoms with Crippen LogP contribution < -0.4 is 4.74 Å². The smallest absolute Gasteiger partial charge is 0.338 e. The molecule has 0 aliphatic carbocycles. The zero-order chi connectivity index (χ0) is 20.9. The highest BCUT2D eigenvalue weighted by molar-refractivity contribution is 7.90. The summed E-state index contributed by atoms with van der Waals surface area (Å²) in [4.78, 5) is 33.9. The summed E-state index contributed by atoms with van der Waals surface area (Å²) in [5.74, 6) is -0.865. The Morgan fingerprint density at radius 3 is 2.21 bits per heavy atom. The second kappa shape index (κ2) is 8.61. The van der Waals surface area contributed by atoms with Gasteiger partial charge in [-0.25, -0.2) is 13.2 Å². The Balaban J connectivity index is 2.11. The Morgan fingerprint density at radius 1 is 1.07 bits per heavy atom. The first kappa shape index (κ1) is 21.0. The molecule has 0 unspecified atom stereocenters. The van der Waals surface area contributed by atoms with Gasteiger partial charge in [-0.1, -0.05) is 0 Å². The van der Waals surface area contributed by atoms with Crippen molar-refractivity contribution in [3.63, 3.8) is 0 Å². The van der Waals surface area contributed by atoms with Gasteiger partial charge in [0.05, 0.1) is 17.1 Å². The van der Waals surface area contributed by atoms with Crippen LogP contribution in [0.2, 0.25) is 0 Å². The number of nitrogens with zero attached hydrogens (tertiary/aromatic N) is 1. The summed E-state index contributed by atoms with van der Waals surface area (Å²) < 4.78 is 33.4. The molecule has 0 heterocycles. The molecule has 0 atom stereocenters. The lowest BCUT2D eigenvalue weighted by molar-refractivity contribution is -0.387. The highest BCUT2D eigenvalue weighted by Crippen LogP contribution is 2.25. The standard InChI is InChI=1S/C18H17NO8S/c1-3-26-14-7-4-12(5-8-14)16(20)11-27-18(21)13-6-9-17(28(2,24)25)15(10-13)19(22)23/h4-10H,3,11H2,1-2H3. The SMILES string of the molecule is CCOc1ccc(C(=O)COC(=O)c2ccc(S(C)(=O)=O)c([N+](=O)[O-])c2)cc1. The lowest BCUT2D eigenvalue weighted by Gasteiger charge is -2.07. The highest BCUT2D eigenvalue weighted by Gasteiger charge is 2.24. The molecule has 0 fully saturated rings. The van der Waals surface area contributed by atoms with Crippen LogP contribution in [0.25, 0.3) is 0 Å². The fraction of sp³-hybridized carbons (Fsp3) is 0.222. The molecular weight excluding hydrogens is 390 g/mol. The molecule has 0 aromatic heterocycles. The lowest BCUT2D eigenvalue weighted by atomic mass is 10.1. The van der Waals surface area contributed by atoms with E-state index >= 15 is 0 Å². The molecule has 0 saturated heterocycles. The van der Waals surface area contributed by atoms with E-state index < -0.39 is 43.7 Å². The lowest BCUT2D eigenvalue weighted by Crippen LogP contribution is -2.15. The third-order valence-electron chi connectivity index (χ3n) is 3.61. The molecule has 0 bridgehead atoms. The molecule has 0 spiro atoms. The number of hydrogen-bond donors (Lipinski definition) is 0. The van der Waals surface area contributed by atoms with Crippen LogP contribution in [0, 0.1) is 10.1 Å². The average Bonchev–Trinajstić information content (AvgIpc) is 2.65. The predicted molar refractivity (Wildman–Crippen MR) is 98.4 cm³/mol. The van der Waals surface area contributed by atoms with Crippen molar-refractivity contribution in [1.82, 2.24) is 0 Å². The van der Waals surface area contributed by atoms with Gasteiger partial charge in [0.1, 0.15) is 10.6 Å². The first-order chi connectivity index (χ1) is 13.1. The fourth-order valence-corrected chi connectivity index (χ4v) is 3.13. The Kier molecular flexibility index (Phi) is 6.47. The number of rotatable bonds is 8. The number of esters is 1. The van der Waals surface area contributed by atoms with Gasteiger partial charge in [0, 0.05) is 17.9 Å². The van der Waals surface area contributed by atoms with E-state index in [0.29, 0.717) is 17.9 Å². The summed E-state index contributed by atoms with van der Waals surface area (Å²) in [6, 6.07) is 9.10. The van der Waals surface area contributed by atoms with Crippen LogP contribution in [-0.2, 0) is 14.6 Å². The molecule has 2 aromatic carbocycles. The number of hydrogen-bond acceptors (Lipinski definition) is 8. The van der Waals surface area contributed by atoms with E-state index in [9.17, 15) is 28.1 Å². The van der Waals surface area contributed by atoms with Crippen molar-refractivity contribution < 1.29 is 32.4 Å². The van der Waals surface area contributed by atoms with Crippen LogP contribution in [0.15, 0.2) is 47.4 Å². The first-order valence-corrected chi connectivity index (χ1v) is 9.94. The summed E-state index contributed by atoms with van der Waals surface area (Å²) in [6.45, 7) is 1.73. The number of sulfone groups is 1. The number of Topliss-reactive ketones (excluding diaryl/α,β-unsaturated/α-hetero) is 1. The van der Waals surface area contributed by atoms with Crippen LogP contribution in [0.5, 0.6) is 5.75 Å². The van der Waals surface area contributed by atoms with Crippen LogP contribution in [0.3, 0.4) is 0 Å². The Hall–Kier alpha value is -3.27. The summed E-state index contributed by atoms with van der Waals surface area (Å²) in [6.07, 6.45) is 0.822. The van der Waals surface area contributed by atoms with Crippen molar-refractivity contribution in [2.24, 2.45) is 0 Å². The van der Waals surface area contributed by atoms with Crippen molar-refractivity contribution in [2.75, 3.05) is 19.5 Å². The molecule has 0 aliphatic heterocycles. The van der Waals surface area contributed by atoms with E-state index in [1.165, 1.54) is 12.1 Å². The van der Waals surface area contributed by atoms with E-state index in [1.807, 2.05) is 6.92 Å². The van der Waals surface area contributed by atoms with Crippen molar-refractivity contribution in [3.8, 4) is 5.75 Å². The van der Waals surface area contributed by atoms with E-state index in [4.69, 9.17) is 9.47 Å². The third kappa shape index (κ3) is 5.13. The summed E-state index contributed by atoms with van der Waals surface area (Å²) in [5.41, 5.74) is -0.678. The second-order valence-electron chi connectivity index (χ2n) is 5.67. The normalized spacial score (nSPS) is 10.9. The summed E-state index contributed by atoms with van der Waals surface area (Å²) >= 11 is 0. The van der Waals surface area contributed by atoms with Crippen molar-refractivity contribution in [3.05, 3.63) is 63.7 Å². The number of ether oxygens (including phenoxy) is 2. The molecule has 0 aliphatic rings. The Labute approximate surface area is 161 Å².